The molecule has 2 nitrogen and oxygen atoms in total. The maximum Gasteiger partial charge on any atom is 0 e. The summed E-state index contributed by atoms with van der Waals surface area (Å²) in [5.74, 6) is 0. The molecule has 0 aromatic rings. The van der Waals surface area contributed by atoms with Crippen molar-refractivity contribution in [3.63, 3.8) is 0 Å². The van der Waals surface area contributed by atoms with E-state index >= 15 is 0 Å². The summed E-state index contributed by atoms with van der Waals surface area (Å²) in [7, 11) is 0. The van der Waals surface area contributed by atoms with E-state index in [0.29, 0.717) is 0 Å². The van der Waals surface area contributed by atoms with Crippen LogP contribution >= 0.6 is 0 Å². The van der Waals surface area contributed by atoms with Crippen LogP contribution in [-0.4, -0.2) is 38.0 Å². The summed E-state index contributed by atoms with van der Waals surface area (Å²) >= 11 is -2.03. The fraction of sp³-hybridized carbons (Fsp3) is 0. The van der Waals surface area contributed by atoms with Gasteiger partial charge in [0.15, 0.2) is 0 Å². The average Bonchev–Trinajstić information content (AvgIpc) is 0.918. The van der Waals surface area contributed by atoms with Crippen molar-refractivity contribution in [2.24, 2.45) is 0 Å². The van der Waals surface area contributed by atoms with Gasteiger partial charge in [-0.25, -0.2) is 0 Å². The summed E-state index contributed by atoms with van der Waals surface area (Å²) in [5.41, 5.74) is 0. The van der Waals surface area contributed by atoms with Gasteiger partial charge in [-0.3, -0.25) is 0 Å². The van der Waals surface area contributed by atoms with Gasteiger partial charge in [0.25, 0.3) is 0 Å². The number of hydrogen-bond donors (Lipinski definition) is 0. The Labute approximate surface area is 44.3 Å². The van der Waals surface area contributed by atoms with E-state index in [-0.39, 0.29) is 17.1 Å². The van der Waals surface area contributed by atoms with E-state index in [2.05, 4.69) is 0 Å². The van der Waals surface area contributed by atoms with Crippen LogP contribution in [-0.2, 0) is 6.21 Å². The third kappa shape index (κ3) is 12.8. The molecule has 0 rings (SSSR count). The van der Waals surface area contributed by atoms with Crippen LogP contribution in [0.4, 0.5) is 0 Å². The minimum Gasteiger partial charge on any atom is 0 e. The second kappa shape index (κ2) is 9.08. The normalized spacial score (nSPS) is 3.00. The first-order chi connectivity index (χ1) is 1.41. The van der Waals surface area contributed by atoms with Crippen LogP contribution in [0.25, 0.3) is 0 Å². The molecule has 0 aliphatic heterocycles. The van der Waals surface area contributed by atoms with E-state index in [1.165, 1.54) is 0 Å². The van der Waals surface area contributed by atoms with Gasteiger partial charge in [-0.2, -0.15) is 0 Å². The topological polar surface area (TPSA) is 34.1 Å². The van der Waals surface area contributed by atoms with Gasteiger partial charge in [-0.1, -0.05) is 0 Å². The Balaban J connectivity index is 0. The van der Waals surface area contributed by atoms with Crippen molar-refractivity contribution in [3.05, 3.63) is 0 Å². The zero-order chi connectivity index (χ0) is 2.71. The van der Waals surface area contributed by atoms with Crippen LogP contribution in [0.15, 0.2) is 0 Å². The first-order valence-corrected chi connectivity index (χ1v) is 2.24. The molecule has 4 heavy (non-hydrogen) atoms. The third-order valence-electron chi connectivity index (χ3n) is 0. The van der Waals surface area contributed by atoms with Crippen molar-refractivity contribution >= 4 is 38.0 Å². The Morgan fingerprint density at radius 2 is 1.25 bits per heavy atom. The molecule has 4 heteroatoms. The Hall–Kier alpha value is 0.909. The molecule has 0 aromatic heterocycles. The molecule has 0 heterocycles. The summed E-state index contributed by atoms with van der Waals surface area (Å²) in [6, 6.07) is 0. The zero-order valence-corrected chi connectivity index (χ0v) is 5.68. The molecule has 0 spiro atoms. The molecular weight excluding hydrogens is 239 g/mol. The van der Waals surface area contributed by atoms with Gasteiger partial charge < -0.3 is 0 Å². The van der Waals surface area contributed by atoms with Crippen molar-refractivity contribution in [1.29, 1.82) is 0 Å². The van der Waals surface area contributed by atoms with Gasteiger partial charge >= 0.3 is 27.1 Å². The molecule has 0 N–H and O–H groups in total. The molecule has 0 bridgehead atoms. The SMILES string of the molecule is O=[Te]=O.[Se]. The molecule has 2 radical (unpaired) electrons. The van der Waals surface area contributed by atoms with Gasteiger partial charge in [-0.15, -0.1) is 0 Å². The first-order valence-electron chi connectivity index (χ1n) is 0.333. The Morgan fingerprint density at radius 3 is 1.25 bits per heavy atom. The fourth-order valence-corrected chi connectivity index (χ4v) is 0. The van der Waals surface area contributed by atoms with E-state index in [1.807, 2.05) is 0 Å². The molecular formula is O2SeTe. The van der Waals surface area contributed by atoms with Crippen LogP contribution in [0.1, 0.15) is 0 Å². The molecule has 24 valence electrons. The first kappa shape index (κ1) is 8.86. The minimum absolute atomic E-state index is 0. The van der Waals surface area contributed by atoms with Crippen LogP contribution in [0.3, 0.4) is 0 Å². The van der Waals surface area contributed by atoms with E-state index < -0.39 is 20.9 Å². The van der Waals surface area contributed by atoms with Crippen molar-refractivity contribution in [3.8, 4) is 0 Å². The molecule has 0 fully saturated rings. The quantitative estimate of drug-likeness (QED) is 0.508. The molecule has 0 saturated heterocycles. The van der Waals surface area contributed by atoms with Crippen LogP contribution < -0.4 is 0 Å². The zero-order valence-electron chi connectivity index (χ0n) is 1.63. The van der Waals surface area contributed by atoms with E-state index in [4.69, 9.17) is 6.21 Å². The monoisotopic (exact) mass is 242 g/mol. The maximum atomic E-state index is 8.50. The Bertz CT molecular complexity index is 27.0. The van der Waals surface area contributed by atoms with Gasteiger partial charge in [0, 0.05) is 17.1 Å². The van der Waals surface area contributed by atoms with E-state index in [0.717, 1.165) is 0 Å². The number of hydrogen-bond acceptors (Lipinski definition) is 2. The molecule has 0 aliphatic carbocycles. The predicted molar refractivity (Wildman–Crippen MR) is 12.9 cm³/mol. The van der Waals surface area contributed by atoms with Crippen LogP contribution in [0.2, 0.25) is 0 Å². The van der Waals surface area contributed by atoms with Crippen molar-refractivity contribution in [2.45, 2.75) is 0 Å². The molecule has 0 saturated carbocycles. The summed E-state index contributed by atoms with van der Waals surface area (Å²) in [5, 5.41) is 0. The largest absolute Gasteiger partial charge is 0 e. The van der Waals surface area contributed by atoms with Crippen molar-refractivity contribution in [2.75, 3.05) is 0 Å². The minimum atomic E-state index is -2.03. The van der Waals surface area contributed by atoms with E-state index in [9.17, 15) is 0 Å². The second-order valence-electron chi connectivity index (χ2n) is 0.0680. The summed E-state index contributed by atoms with van der Waals surface area (Å²) in [6.07, 6.45) is 0. The van der Waals surface area contributed by atoms with Crippen molar-refractivity contribution in [1.82, 2.24) is 0 Å². The molecule has 0 atom stereocenters. The Morgan fingerprint density at radius 1 is 1.25 bits per heavy atom. The smallest absolute Gasteiger partial charge is 0 e. The van der Waals surface area contributed by atoms with Crippen LogP contribution in [0.5, 0.6) is 0 Å². The predicted octanol–water partition coefficient (Wildman–Crippen LogP) is -0.999. The van der Waals surface area contributed by atoms with Gasteiger partial charge in [0.05, 0.1) is 0 Å². The average molecular weight is 239 g/mol. The van der Waals surface area contributed by atoms with E-state index in [1.54, 1.807) is 0 Å². The molecule has 0 aromatic carbocycles. The second-order valence-corrected chi connectivity index (χ2v) is 0.456. The summed E-state index contributed by atoms with van der Waals surface area (Å²) < 4.78 is 17.0. The summed E-state index contributed by atoms with van der Waals surface area (Å²) in [4.78, 5) is 0. The van der Waals surface area contributed by atoms with Gasteiger partial charge in [-0.05, 0) is 0 Å². The maximum absolute atomic E-state index is 8.50. The number of rotatable bonds is 0. The van der Waals surface area contributed by atoms with Gasteiger partial charge in [0.2, 0.25) is 0 Å². The molecule has 0 amide bonds. The Kier molecular flexibility index (Phi) is 20.1. The molecule has 0 aliphatic rings. The molecule has 0 unspecified atom stereocenters. The third-order valence-corrected chi connectivity index (χ3v) is 0. The van der Waals surface area contributed by atoms with Gasteiger partial charge in [0.1, 0.15) is 0 Å². The van der Waals surface area contributed by atoms with Crippen molar-refractivity contribution < 1.29 is 6.21 Å². The fourth-order valence-electron chi connectivity index (χ4n) is 0. The summed E-state index contributed by atoms with van der Waals surface area (Å²) in [6.45, 7) is 0. The van der Waals surface area contributed by atoms with Crippen LogP contribution in [0, 0.1) is 0 Å². The standard InChI is InChI=1S/O2Te.Se/c1-3-2;.